The van der Waals surface area contributed by atoms with Crippen molar-refractivity contribution in [2.75, 3.05) is 6.61 Å². The van der Waals surface area contributed by atoms with Crippen molar-refractivity contribution in [2.24, 2.45) is 16.1 Å². The van der Waals surface area contributed by atoms with Crippen LogP contribution >= 0.6 is 0 Å². The minimum Gasteiger partial charge on any atom is -0.504 e. The molecule has 0 atom stereocenters. The third-order valence-corrected chi connectivity index (χ3v) is 3.94. The van der Waals surface area contributed by atoms with Gasteiger partial charge in [-0.2, -0.15) is 0 Å². The van der Waals surface area contributed by atoms with Gasteiger partial charge in [-0.25, -0.2) is 4.99 Å². The normalized spacial score (nSPS) is 18.4. The van der Waals surface area contributed by atoms with E-state index in [0.29, 0.717) is 5.56 Å². The number of benzene rings is 1. The molecule has 1 aromatic carbocycles. The molecule has 0 spiro atoms. The number of carbonyl (C=O) groups is 3. The summed E-state index contributed by atoms with van der Waals surface area (Å²) in [6.45, 7) is 2.80. The monoisotopic (exact) mass is 314 g/mol. The third-order valence-electron chi connectivity index (χ3n) is 3.94. The number of rotatable bonds is 3. The molecule has 0 unspecified atom stereocenters. The van der Waals surface area contributed by atoms with Gasteiger partial charge in [0, 0.05) is 11.1 Å². The molecule has 23 heavy (non-hydrogen) atoms. The maximum absolute atomic E-state index is 12.4. The van der Waals surface area contributed by atoms with Crippen LogP contribution in [0, 0.1) is 5.41 Å². The quantitative estimate of drug-likeness (QED) is 0.859. The first kappa shape index (κ1) is 15.0. The zero-order chi connectivity index (χ0) is 16.9. The molecule has 1 aliphatic heterocycles. The molecule has 2 aliphatic rings. The van der Waals surface area contributed by atoms with Crippen LogP contribution < -0.4 is 10.5 Å². The number of Topliss-reactive ketones (excluding diaryl/α,β-unsaturated/α-hetero) is 1. The highest BCUT2D eigenvalue weighted by atomic mass is 16.5. The van der Waals surface area contributed by atoms with E-state index >= 15 is 0 Å². The predicted molar refractivity (Wildman–Crippen MR) is 80.4 cm³/mol. The Balaban J connectivity index is 2.23. The number of aliphatic hydroxyl groups is 1. The first-order valence-electron chi connectivity index (χ1n) is 6.91. The summed E-state index contributed by atoms with van der Waals surface area (Å²) in [7, 11) is 0. The van der Waals surface area contributed by atoms with Crippen LogP contribution in [0.15, 0.2) is 34.5 Å². The molecule has 1 heterocycles. The fraction of sp³-hybridized carbons (Fsp3) is 0.250. The van der Waals surface area contributed by atoms with Crippen LogP contribution in [-0.4, -0.2) is 35.0 Å². The smallest absolute Gasteiger partial charge is 0.256 e. The van der Waals surface area contributed by atoms with E-state index < -0.39 is 28.8 Å². The van der Waals surface area contributed by atoms with Gasteiger partial charge >= 0.3 is 0 Å². The summed E-state index contributed by atoms with van der Waals surface area (Å²) in [6.07, 6.45) is 0. The average Bonchev–Trinajstić information content (AvgIpc) is 2.72. The lowest BCUT2D eigenvalue weighted by Crippen LogP contribution is -2.30. The largest absolute Gasteiger partial charge is 0.504 e. The molecule has 1 aromatic rings. The fourth-order valence-electron chi connectivity index (χ4n) is 2.76. The first-order chi connectivity index (χ1) is 10.7. The Morgan fingerprint density at radius 1 is 1.35 bits per heavy atom. The first-order valence-corrected chi connectivity index (χ1v) is 6.91. The molecule has 7 heteroatoms. The number of hydrogen-bond acceptors (Lipinski definition) is 5. The molecular formula is C16H14N2O5. The van der Waals surface area contributed by atoms with Crippen LogP contribution in [0.4, 0.5) is 0 Å². The van der Waals surface area contributed by atoms with Gasteiger partial charge in [0.15, 0.2) is 12.4 Å². The van der Waals surface area contributed by atoms with Gasteiger partial charge in [0.2, 0.25) is 5.78 Å². The van der Waals surface area contributed by atoms with E-state index in [1.165, 1.54) is 6.07 Å². The number of hydrogen-bond donors (Lipinski definition) is 2. The molecule has 0 bridgehead atoms. The zero-order valence-corrected chi connectivity index (χ0v) is 12.5. The molecule has 0 fully saturated rings. The Morgan fingerprint density at radius 2 is 2.04 bits per heavy atom. The second-order valence-corrected chi connectivity index (χ2v) is 5.88. The Bertz CT molecular complexity index is 833. The van der Waals surface area contributed by atoms with Crippen molar-refractivity contribution >= 4 is 23.3 Å². The lowest BCUT2D eigenvalue weighted by Gasteiger charge is -2.25. The maximum atomic E-state index is 12.4. The number of amides is 2. The molecule has 0 aromatic heterocycles. The number of carbonyl (C=O) groups excluding carboxylic acids is 3. The Hall–Kier alpha value is -2.96. The molecule has 0 radical (unpaired) electrons. The number of aliphatic hydroxyl groups excluding tert-OH is 1. The summed E-state index contributed by atoms with van der Waals surface area (Å²) in [5.41, 5.74) is 4.80. The lowest BCUT2D eigenvalue weighted by molar-refractivity contribution is -0.123. The summed E-state index contributed by atoms with van der Waals surface area (Å²) in [6, 6.07) is 4.60. The summed E-state index contributed by atoms with van der Waals surface area (Å²) in [4.78, 5) is 39.5. The summed E-state index contributed by atoms with van der Waals surface area (Å²) < 4.78 is 5.34. The van der Waals surface area contributed by atoms with Crippen LogP contribution in [0.3, 0.4) is 0 Å². The second-order valence-electron chi connectivity index (χ2n) is 5.88. The SMILES string of the molecule is CC1(C)C(=O)N=C2C1=C(O)C(=O)c1cccc(OCC(N)=O)c12. The van der Waals surface area contributed by atoms with Crippen molar-refractivity contribution in [3.05, 3.63) is 40.7 Å². The van der Waals surface area contributed by atoms with Gasteiger partial charge in [0.05, 0.1) is 16.7 Å². The minimum absolute atomic E-state index is 0.164. The van der Waals surface area contributed by atoms with Gasteiger partial charge in [-0.1, -0.05) is 6.07 Å². The average molecular weight is 314 g/mol. The van der Waals surface area contributed by atoms with Crippen molar-refractivity contribution < 1.29 is 24.2 Å². The van der Waals surface area contributed by atoms with E-state index in [2.05, 4.69) is 4.99 Å². The molecule has 118 valence electrons. The zero-order valence-electron chi connectivity index (χ0n) is 12.5. The number of allylic oxidation sites excluding steroid dienone is 1. The van der Waals surface area contributed by atoms with Crippen molar-refractivity contribution in [3.8, 4) is 5.75 Å². The molecule has 3 rings (SSSR count). The van der Waals surface area contributed by atoms with Crippen molar-refractivity contribution in [2.45, 2.75) is 13.8 Å². The van der Waals surface area contributed by atoms with Gasteiger partial charge in [-0.3, -0.25) is 14.4 Å². The number of aliphatic imine (C=N–C) groups is 1. The molecule has 0 saturated heterocycles. The van der Waals surface area contributed by atoms with Crippen LogP contribution in [-0.2, 0) is 9.59 Å². The van der Waals surface area contributed by atoms with Crippen LogP contribution in [0.5, 0.6) is 5.75 Å². The number of ketones is 1. The molecular weight excluding hydrogens is 300 g/mol. The van der Waals surface area contributed by atoms with E-state index in [0.717, 1.165) is 0 Å². The van der Waals surface area contributed by atoms with E-state index in [4.69, 9.17) is 10.5 Å². The van der Waals surface area contributed by atoms with Gasteiger partial charge in [-0.05, 0) is 26.0 Å². The molecule has 7 nitrogen and oxygen atoms in total. The summed E-state index contributed by atoms with van der Waals surface area (Å²) in [5.74, 6) is -2.02. The van der Waals surface area contributed by atoms with Gasteiger partial charge in [0.25, 0.3) is 11.8 Å². The van der Waals surface area contributed by atoms with Crippen LogP contribution in [0.25, 0.3) is 0 Å². The Kier molecular flexibility index (Phi) is 3.10. The second kappa shape index (κ2) is 4.77. The number of ether oxygens (including phenoxy) is 1. The lowest BCUT2D eigenvalue weighted by atomic mass is 9.76. The number of nitrogens with two attached hydrogens (primary N) is 1. The third kappa shape index (κ3) is 2.04. The van der Waals surface area contributed by atoms with E-state index in [1.807, 2.05) is 0 Å². The van der Waals surface area contributed by atoms with E-state index in [1.54, 1.807) is 26.0 Å². The Labute approximate surface area is 131 Å². The maximum Gasteiger partial charge on any atom is 0.256 e. The minimum atomic E-state index is -1.11. The highest BCUT2D eigenvalue weighted by Gasteiger charge is 2.48. The van der Waals surface area contributed by atoms with Crippen molar-refractivity contribution in [3.63, 3.8) is 0 Å². The van der Waals surface area contributed by atoms with E-state index in [9.17, 15) is 19.5 Å². The molecule has 1 aliphatic carbocycles. The standard InChI is InChI=1S/C16H14N2O5/c1-16(2)11-12(18-15(16)22)10-7(13(20)14(11)21)4-3-5-8(10)23-6-9(17)19/h3-5,21H,6H2,1-2H3,(H2,17,19). The Morgan fingerprint density at radius 3 is 2.70 bits per heavy atom. The van der Waals surface area contributed by atoms with Gasteiger partial charge < -0.3 is 15.6 Å². The summed E-state index contributed by atoms with van der Waals surface area (Å²) >= 11 is 0. The van der Waals surface area contributed by atoms with Crippen LogP contribution in [0.2, 0.25) is 0 Å². The molecule has 0 saturated carbocycles. The van der Waals surface area contributed by atoms with Crippen LogP contribution in [0.1, 0.15) is 29.8 Å². The molecule has 3 N–H and O–H groups in total. The fourth-order valence-corrected chi connectivity index (χ4v) is 2.76. The number of nitrogens with zero attached hydrogens (tertiary/aromatic N) is 1. The number of fused-ring (bicyclic) bond motifs is 3. The molecule has 2 amide bonds. The topological polar surface area (TPSA) is 119 Å². The predicted octanol–water partition coefficient (Wildman–Crippen LogP) is 0.915. The summed E-state index contributed by atoms with van der Waals surface area (Å²) in [5, 5.41) is 10.2. The van der Waals surface area contributed by atoms with Gasteiger partial charge in [0.1, 0.15) is 5.75 Å². The highest BCUT2D eigenvalue weighted by Crippen LogP contribution is 2.44. The van der Waals surface area contributed by atoms with Gasteiger partial charge in [-0.15, -0.1) is 0 Å². The van der Waals surface area contributed by atoms with E-state index in [-0.39, 0.29) is 29.2 Å². The van der Waals surface area contributed by atoms with Crippen molar-refractivity contribution in [1.29, 1.82) is 0 Å². The highest BCUT2D eigenvalue weighted by molar-refractivity contribution is 6.34. The number of primary amides is 1. The van der Waals surface area contributed by atoms with Crippen molar-refractivity contribution in [1.82, 2.24) is 0 Å².